The van der Waals surface area contributed by atoms with Crippen LogP contribution in [0, 0.1) is 0 Å². The standard InChI is InChI=1S/C9H9ClF2N2O.C2H6/c1-2-9(11,12)7-6(10)3-5(4-14-7)8(13)15;1-2/h3-4H,2H2,1H3,(H2,13,15);1-2H3. The molecule has 1 rings (SSSR count). The van der Waals surface area contributed by atoms with Gasteiger partial charge in [0.05, 0.1) is 10.6 Å². The molecule has 0 atom stereocenters. The van der Waals surface area contributed by atoms with Crippen LogP contribution in [0.5, 0.6) is 0 Å². The normalized spacial score (nSPS) is 10.5. The Labute approximate surface area is 104 Å². The lowest BCUT2D eigenvalue weighted by molar-refractivity contribution is -0.0127. The van der Waals surface area contributed by atoms with Gasteiger partial charge in [0, 0.05) is 12.6 Å². The average molecular weight is 265 g/mol. The van der Waals surface area contributed by atoms with E-state index in [9.17, 15) is 13.6 Å². The molecule has 0 aliphatic heterocycles. The van der Waals surface area contributed by atoms with E-state index in [0.717, 1.165) is 12.3 Å². The number of alkyl halides is 2. The van der Waals surface area contributed by atoms with Crippen LogP contribution in [0.15, 0.2) is 12.3 Å². The number of nitrogens with zero attached hydrogens (tertiary/aromatic N) is 1. The van der Waals surface area contributed by atoms with Gasteiger partial charge in [-0.15, -0.1) is 0 Å². The van der Waals surface area contributed by atoms with Gasteiger partial charge >= 0.3 is 0 Å². The van der Waals surface area contributed by atoms with Crippen molar-refractivity contribution < 1.29 is 13.6 Å². The summed E-state index contributed by atoms with van der Waals surface area (Å²) in [5, 5.41) is -0.252. The zero-order valence-electron chi connectivity index (χ0n) is 9.93. The van der Waals surface area contributed by atoms with Crippen LogP contribution in [-0.4, -0.2) is 10.9 Å². The summed E-state index contributed by atoms with van der Waals surface area (Å²) >= 11 is 5.59. The van der Waals surface area contributed by atoms with E-state index in [0.29, 0.717) is 0 Å². The molecule has 96 valence electrons. The van der Waals surface area contributed by atoms with E-state index in [1.54, 1.807) is 0 Å². The number of aromatic nitrogens is 1. The van der Waals surface area contributed by atoms with E-state index in [2.05, 4.69) is 4.98 Å². The third-order valence-electron chi connectivity index (χ3n) is 1.92. The Hall–Kier alpha value is -1.23. The van der Waals surface area contributed by atoms with Gasteiger partial charge in [-0.25, -0.2) is 0 Å². The maximum Gasteiger partial charge on any atom is 0.290 e. The highest BCUT2D eigenvalue weighted by Gasteiger charge is 2.33. The monoisotopic (exact) mass is 264 g/mol. The topological polar surface area (TPSA) is 56.0 Å². The predicted molar refractivity (Wildman–Crippen MR) is 63.3 cm³/mol. The Morgan fingerprint density at radius 1 is 1.53 bits per heavy atom. The Kier molecular flexibility index (Phi) is 6.02. The van der Waals surface area contributed by atoms with Crippen LogP contribution in [0.1, 0.15) is 43.2 Å². The van der Waals surface area contributed by atoms with Crippen molar-refractivity contribution in [3.05, 3.63) is 28.5 Å². The largest absolute Gasteiger partial charge is 0.366 e. The Bertz CT molecular complexity index is 397. The lowest BCUT2D eigenvalue weighted by atomic mass is 10.1. The SMILES string of the molecule is CC.CCC(F)(F)c1ncc(C(N)=O)cc1Cl. The molecule has 0 saturated carbocycles. The second-order valence-corrected chi connectivity index (χ2v) is 3.38. The third kappa shape index (κ3) is 3.93. The summed E-state index contributed by atoms with van der Waals surface area (Å²) in [5.74, 6) is -3.84. The van der Waals surface area contributed by atoms with Crippen molar-refractivity contribution in [2.24, 2.45) is 5.73 Å². The van der Waals surface area contributed by atoms with Crippen LogP contribution in [0.3, 0.4) is 0 Å². The molecule has 0 radical (unpaired) electrons. The third-order valence-corrected chi connectivity index (χ3v) is 2.20. The van der Waals surface area contributed by atoms with Gasteiger partial charge in [0.25, 0.3) is 5.92 Å². The Morgan fingerprint density at radius 2 is 2.06 bits per heavy atom. The van der Waals surface area contributed by atoms with Crippen molar-refractivity contribution in [2.45, 2.75) is 33.1 Å². The van der Waals surface area contributed by atoms with Gasteiger partial charge in [-0.3, -0.25) is 9.78 Å². The van der Waals surface area contributed by atoms with E-state index in [-0.39, 0.29) is 10.6 Å². The second-order valence-electron chi connectivity index (χ2n) is 2.98. The molecule has 0 bridgehead atoms. The quantitative estimate of drug-likeness (QED) is 0.910. The minimum absolute atomic E-state index is 0.00986. The molecule has 0 saturated heterocycles. The summed E-state index contributed by atoms with van der Waals surface area (Å²) in [7, 11) is 0. The number of carbonyl (C=O) groups is 1. The molecule has 0 aliphatic carbocycles. The fraction of sp³-hybridized carbons (Fsp3) is 0.455. The lowest BCUT2D eigenvalue weighted by Crippen LogP contribution is -2.17. The first-order valence-corrected chi connectivity index (χ1v) is 5.60. The van der Waals surface area contributed by atoms with Crippen molar-refractivity contribution >= 4 is 17.5 Å². The number of amides is 1. The molecule has 1 aromatic rings. The maximum atomic E-state index is 13.2. The van der Waals surface area contributed by atoms with Crippen molar-refractivity contribution in [1.29, 1.82) is 0 Å². The molecule has 0 spiro atoms. The first-order valence-electron chi connectivity index (χ1n) is 5.22. The highest BCUT2D eigenvalue weighted by atomic mass is 35.5. The highest BCUT2D eigenvalue weighted by Crippen LogP contribution is 2.34. The smallest absolute Gasteiger partial charge is 0.290 e. The van der Waals surface area contributed by atoms with Crippen LogP contribution < -0.4 is 5.73 Å². The van der Waals surface area contributed by atoms with Crippen molar-refractivity contribution in [3.8, 4) is 0 Å². The zero-order chi connectivity index (χ0) is 13.6. The van der Waals surface area contributed by atoms with Crippen LogP contribution in [-0.2, 0) is 5.92 Å². The van der Waals surface area contributed by atoms with E-state index in [1.807, 2.05) is 13.8 Å². The van der Waals surface area contributed by atoms with Gasteiger partial charge in [-0.05, 0) is 6.07 Å². The van der Waals surface area contributed by atoms with Gasteiger partial charge < -0.3 is 5.73 Å². The molecule has 0 aliphatic rings. The van der Waals surface area contributed by atoms with Crippen LogP contribution in [0.4, 0.5) is 8.78 Å². The fourth-order valence-electron chi connectivity index (χ4n) is 1.01. The molecule has 2 N–H and O–H groups in total. The number of primary amides is 1. The molecule has 0 aromatic carbocycles. The highest BCUT2D eigenvalue weighted by molar-refractivity contribution is 6.31. The first-order chi connectivity index (χ1) is 7.88. The van der Waals surface area contributed by atoms with Gasteiger partial charge in [0.1, 0.15) is 5.69 Å². The Morgan fingerprint density at radius 3 is 2.41 bits per heavy atom. The number of nitrogens with two attached hydrogens (primary N) is 1. The minimum atomic E-state index is -3.09. The molecule has 0 fully saturated rings. The van der Waals surface area contributed by atoms with Gasteiger partial charge in [0.15, 0.2) is 0 Å². The van der Waals surface area contributed by atoms with Crippen molar-refractivity contribution in [1.82, 2.24) is 4.98 Å². The van der Waals surface area contributed by atoms with Gasteiger partial charge in [-0.1, -0.05) is 32.4 Å². The van der Waals surface area contributed by atoms with Crippen LogP contribution in [0.2, 0.25) is 5.02 Å². The number of pyridine rings is 1. The summed E-state index contributed by atoms with van der Waals surface area (Å²) in [4.78, 5) is 14.2. The number of hydrogen-bond acceptors (Lipinski definition) is 2. The molecule has 1 aromatic heterocycles. The zero-order valence-corrected chi connectivity index (χ0v) is 10.7. The Balaban J connectivity index is 0.00000121. The molecule has 3 nitrogen and oxygen atoms in total. The number of hydrogen-bond donors (Lipinski definition) is 1. The van der Waals surface area contributed by atoms with Crippen molar-refractivity contribution in [3.63, 3.8) is 0 Å². The number of rotatable bonds is 3. The summed E-state index contributed by atoms with van der Waals surface area (Å²) < 4.78 is 26.4. The van der Waals surface area contributed by atoms with E-state index >= 15 is 0 Å². The first kappa shape index (κ1) is 15.8. The summed E-state index contributed by atoms with van der Waals surface area (Å²) in [5.41, 5.74) is 4.43. The summed E-state index contributed by atoms with van der Waals surface area (Å²) in [6.45, 7) is 5.32. The molecule has 1 amide bonds. The lowest BCUT2D eigenvalue weighted by Gasteiger charge is -2.14. The summed E-state index contributed by atoms with van der Waals surface area (Å²) in [6.07, 6.45) is 0.586. The molecule has 0 unspecified atom stereocenters. The molecular formula is C11H15ClF2N2O. The van der Waals surface area contributed by atoms with E-state index in [1.165, 1.54) is 6.92 Å². The van der Waals surface area contributed by atoms with Gasteiger partial charge in [-0.2, -0.15) is 8.78 Å². The van der Waals surface area contributed by atoms with E-state index < -0.39 is 23.9 Å². The van der Waals surface area contributed by atoms with E-state index in [4.69, 9.17) is 17.3 Å². The molecule has 17 heavy (non-hydrogen) atoms. The minimum Gasteiger partial charge on any atom is -0.366 e. The maximum absolute atomic E-state index is 13.2. The van der Waals surface area contributed by atoms with Crippen LogP contribution in [0.25, 0.3) is 0 Å². The average Bonchev–Trinajstić information content (AvgIpc) is 2.31. The molecule has 6 heteroatoms. The van der Waals surface area contributed by atoms with Crippen LogP contribution >= 0.6 is 11.6 Å². The molecular weight excluding hydrogens is 250 g/mol. The fourth-order valence-corrected chi connectivity index (χ4v) is 1.31. The number of halogens is 3. The second kappa shape index (κ2) is 6.49. The molecule has 1 heterocycles. The van der Waals surface area contributed by atoms with Gasteiger partial charge in [0.2, 0.25) is 5.91 Å². The predicted octanol–water partition coefficient (Wildman–Crippen LogP) is 3.36. The number of carbonyl (C=O) groups excluding carboxylic acids is 1. The van der Waals surface area contributed by atoms with Crippen molar-refractivity contribution in [2.75, 3.05) is 0 Å². The summed E-state index contributed by atoms with van der Waals surface area (Å²) in [6, 6.07) is 1.09.